The summed E-state index contributed by atoms with van der Waals surface area (Å²) in [7, 11) is 0. The molecule has 26 heavy (non-hydrogen) atoms. The number of hydrogen-bond acceptors (Lipinski definition) is 3. The fourth-order valence-corrected chi connectivity index (χ4v) is 3.22. The van der Waals surface area contributed by atoms with E-state index in [2.05, 4.69) is 10.2 Å². The van der Waals surface area contributed by atoms with E-state index >= 15 is 0 Å². The summed E-state index contributed by atoms with van der Waals surface area (Å²) < 4.78 is 43.6. The van der Waals surface area contributed by atoms with E-state index in [9.17, 15) is 18.0 Å². The highest BCUT2D eigenvalue weighted by molar-refractivity contribution is 5.95. The van der Waals surface area contributed by atoms with Crippen molar-refractivity contribution < 1.29 is 22.4 Å². The Bertz CT molecular complexity index is 762. The van der Waals surface area contributed by atoms with Crippen molar-refractivity contribution in [2.24, 2.45) is 0 Å². The standard InChI is InChI=1S/C19H21F3N2O2/c1-13-17(7-10-26-13)18(25)23-16-5-8-24(9-6-16)12-14-3-2-4-15(11-14)19(20,21)22/h2-4,7,10-11,16H,5-6,8-9,12H2,1H3,(H,23,25). The molecule has 0 atom stereocenters. The number of rotatable bonds is 4. The Morgan fingerprint density at radius 2 is 2.00 bits per heavy atom. The average Bonchev–Trinajstić information content (AvgIpc) is 3.02. The third kappa shape index (κ3) is 4.46. The van der Waals surface area contributed by atoms with Gasteiger partial charge < -0.3 is 9.73 Å². The maximum atomic E-state index is 12.8. The number of furan rings is 1. The topological polar surface area (TPSA) is 45.5 Å². The lowest BCUT2D eigenvalue weighted by molar-refractivity contribution is -0.137. The summed E-state index contributed by atoms with van der Waals surface area (Å²) in [6, 6.07) is 7.16. The molecule has 1 aromatic carbocycles. The van der Waals surface area contributed by atoms with Gasteiger partial charge in [-0.05, 0) is 37.5 Å². The van der Waals surface area contributed by atoms with Gasteiger partial charge in [0.2, 0.25) is 0 Å². The number of hydrogen-bond donors (Lipinski definition) is 1. The van der Waals surface area contributed by atoms with E-state index in [1.807, 2.05) is 0 Å². The van der Waals surface area contributed by atoms with Crippen LogP contribution in [0.2, 0.25) is 0 Å². The Kier molecular flexibility index (Phi) is 5.36. The number of alkyl halides is 3. The number of carbonyl (C=O) groups is 1. The number of carbonyl (C=O) groups excluding carboxylic acids is 1. The molecule has 140 valence electrons. The molecule has 7 heteroatoms. The molecule has 2 heterocycles. The molecule has 0 saturated carbocycles. The van der Waals surface area contributed by atoms with E-state index in [1.165, 1.54) is 18.4 Å². The zero-order chi connectivity index (χ0) is 18.7. The highest BCUT2D eigenvalue weighted by Crippen LogP contribution is 2.30. The molecule has 1 fully saturated rings. The highest BCUT2D eigenvalue weighted by Gasteiger charge is 2.30. The van der Waals surface area contributed by atoms with Crippen LogP contribution >= 0.6 is 0 Å². The van der Waals surface area contributed by atoms with Crippen LogP contribution in [0.5, 0.6) is 0 Å². The van der Waals surface area contributed by atoms with Gasteiger partial charge in [0.25, 0.3) is 5.91 Å². The molecule has 2 aromatic rings. The lowest BCUT2D eigenvalue weighted by Gasteiger charge is -2.32. The summed E-state index contributed by atoms with van der Waals surface area (Å²) in [5, 5.41) is 3.00. The van der Waals surface area contributed by atoms with Gasteiger partial charge in [0.1, 0.15) is 5.76 Å². The van der Waals surface area contributed by atoms with Crippen LogP contribution in [0.25, 0.3) is 0 Å². The molecule has 1 amide bonds. The third-order valence-electron chi connectivity index (χ3n) is 4.69. The molecule has 0 radical (unpaired) electrons. The molecular weight excluding hydrogens is 345 g/mol. The first kappa shape index (κ1) is 18.5. The summed E-state index contributed by atoms with van der Waals surface area (Å²) in [6.45, 7) is 3.68. The minimum absolute atomic E-state index is 0.0644. The maximum absolute atomic E-state index is 12.8. The largest absolute Gasteiger partial charge is 0.469 e. The molecular formula is C19H21F3N2O2. The Hall–Kier alpha value is -2.28. The number of aryl methyl sites for hydroxylation is 1. The molecule has 1 N–H and O–H groups in total. The van der Waals surface area contributed by atoms with E-state index in [4.69, 9.17) is 4.42 Å². The monoisotopic (exact) mass is 366 g/mol. The van der Waals surface area contributed by atoms with E-state index in [1.54, 1.807) is 19.1 Å². The number of amides is 1. The van der Waals surface area contributed by atoms with Gasteiger partial charge in [-0.15, -0.1) is 0 Å². The summed E-state index contributed by atoms with van der Waals surface area (Å²) in [6.07, 6.45) is -1.30. The quantitative estimate of drug-likeness (QED) is 0.890. The normalized spacial score (nSPS) is 16.6. The zero-order valence-electron chi connectivity index (χ0n) is 14.5. The summed E-state index contributed by atoms with van der Waals surface area (Å²) in [5.41, 5.74) is 0.570. The number of halogens is 3. The number of benzene rings is 1. The summed E-state index contributed by atoms with van der Waals surface area (Å²) in [4.78, 5) is 14.3. The number of likely N-dealkylation sites (tertiary alicyclic amines) is 1. The molecule has 0 spiro atoms. The summed E-state index contributed by atoms with van der Waals surface area (Å²) >= 11 is 0. The maximum Gasteiger partial charge on any atom is 0.416 e. The van der Waals surface area contributed by atoms with Gasteiger partial charge in [-0.1, -0.05) is 18.2 Å². The van der Waals surface area contributed by atoms with E-state index in [0.29, 0.717) is 23.4 Å². The van der Waals surface area contributed by atoms with Gasteiger partial charge in [-0.25, -0.2) is 0 Å². The first-order chi connectivity index (χ1) is 12.3. The fraction of sp³-hybridized carbons (Fsp3) is 0.421. The second kappa shape index (κ2) is 7.53. The zero-order valence-corrected chi connectivity index (χ0v) is 14.5. The third-order valence-corrected chi connectivity index (χ3v) is 4.69. The van der Waals surface area contributed by atoms with Crippen LogP contribution in [0.1, 0.15) is 40.1 Å². The lowest BCUT2D eigenvalue weighted by atomic mass is 10.0. The molecule has 1 aliphatic heterocycles. The van der Waals surface area contributed by atoms with Crippen LogP contribution in [0.4, 0.5) is 13.2 Å². The van der Waals surface area contributed by atoms with E-state index < -0.39 is 11.7 Å². The van der Waals surface area contributed by atoms with Crippen LogP contribution in [-0.2, 0) is 12.7 Å². The van der Waals surface area contributed by atoms with Gasteiger partial charge in [-0.3, -0.25) is 9.69 Å². The molecule has 1 aliphatic rings. The Balaban J connectivity index is 1.51. The van der Waals surface area contributed by atoms with Gasteiger partial charge in [0.15, 0.2) is 0 Å². The molecule has 1 saturated heterocycles. The highest BCUT2D eigenvalue weighted by atomic mass is 19.4. The fourth-order valence-electron chi connectivity index (χ4n) is 3.22. The Labute approximate surface area is 150 Å². The molecule has 0 aliphatic carbocycles. The van der Waals surface area contributed by atoms with Crippen molar-refractivity contribution in [2.75, 3.05) is 13.1 Å². The average molecular weight is 366 g/mol. The van der Waals surface area contributed by atoms with Gasteiger partial charge >= 0.3 is 6.18 Å². The molecule has 1 aromatic heterocycles. The van der Waals surface area contributed by atoms with Crippen molar-refractivity contribution in [3.63, 3.8) is 0 Å². The van der Waals surface area contributed by atoms with Crippen LogP contribution in [0.3, 0.4) is 0 Å². The molecule has 3 rings (SSSR count). The second-order valence-electron chi connectivity index (χ2n) is 6.61. The molecule has 4 nitrogen and oxygen atoms in total. The predicted octanol–water partition coefficient (Wildman–Crippen LogP) is 4.00. The minimum Gasteiger partial charge on any atom is -0.469 e. The molecule has 0 unspecified atom stereocenters. The first-order valence-electron chi connectivity index (χ1n) is 8.56. The predicted molar refractivity (Wildman–Crippen MR) is 90.7 cm³/mol. The smallest absolute Gasteiger partial charge is 0.416 e. The van der Waals surface area contributed by atoms with E-state index in [-0.39, 0.29) is 11.9 Å². The Morgan fingerprint density at radius 1 is 1.27 bits per heavy atom. The van der Waals surface area contributed by atoms with Crippen molar-refractivity contribution in [1.29, 1.82) is 0 Å². The van der Waals surface area contributed by atoms with Crippen molar-refractivity contribution >= 4 is 5.91 Å². The SMILES string of the molecule is Cc1occc1C(=O)NC1CCN(Cc2cccc(C(F)(F)F)c2)CC1. The van der Waals surface area contributed by atoms with Gasteiger partial charge in [0.05, 0.1) is 17.4 Å². The van der Waals surface area contributed by atoms with Gasteiger partial charge in [-0.2, -0.15) is 13.2 Å². The first-order valence-corrected chi connectivity index (χ1v) is 8.56. The van der Waals surface area contributed by atoms with Gasteiger partial charge in [0, 0.05) is 25.7 Å². The van der Waals surface area contributed by atoms with Crippen molar-refractivity contribution in [2.45, 2.75) is 38.5 Å². The second-order valence-corrected chi connectivity index (χ2v) is 6.61. The number of piperidine rings is 1. The van der Waals surface area contributed by atoms with Crippen molar-refractivity contribution in [1.82, 2.24) is 10.2 Å². The van der Waals surface area contributed by atoms with Crippen LogP contribution in [0, 0.1) is 6.92 Å². The van der Waals surface area contributed by atoms with Crippen LogP contribution in [-0.4, -0.2) is 29.9 Å². The Morgan fingerprint density at radius 3 is 2.62 bits per heavy atom. The van der Waals surface area contributed by atoms with Crippen LogP contribution in [0.15, 0.2) is 41.0 Å². The number of nitrogens with zero attached hydrogens (tertiary/aromatic N) is 1. The van der Waals surface area contributed by atoms with Crippen molar-refractivity contribution in [3.05, 3.63) is 59.0 Å². The van der Waals surface area contributed by atoms with Crippen molar-refractivity contribution in [3.8, 4) is 0 Å². The van der Waals surface area contributed by atoms with E-state index in [0.717, 1.165) is 32.0 Å². The number of nitrogens with one attached hydrogen (secondary N) is 1. The molecule has 0 bridgehead atoms. The summed E-state index contributed by atoms with van der Waals surface area (Å²) in [5.74, 6) is 0.442. The minimum atomic E-state index is -4.32. The van der Waals surface area contributed by atoms with Crippen LogP contribution < -0.4 is 5.32 Å². The lowest BCUT2D eigenvalue weighted by Crippen LogP contribution is -2.44.